The van der Waals surface area contributed by atoms with E-state index in [0.717, 1.165) is 28.7 Å². The van der Waals surface area contributed by atoms with Gasteiger partial charge in [-0.3, -0.25) is 19.2 Å². The predicted molar refractivity (Wildman–Crippen MR) is 254 cm³/mol. The topological polar surface area (TPSA) is 202 Å². The number of carbonyl (C=O) groups is 6. The highest BCUT2D eigenvalue weighted by Gasteiger charge is 2.35. The quantitative estimate of drug-likeness (QED) is 0.0361. The summed E-state index contributed by atoms with van der Waals surface area (Å²) >= 11 is 1.24. The summed E-state index contributed by atoms with van der Waals surface area (Å²) in [5, 5.41) is 1.42. The van der Waals surface area contributed by atoms with E-state index in [-0.39, 0.29) is 25.1 Å². The summed E-state index contributed by atoms with van der Waals surface area (Å²) in [5.41, 5.74) is 3.10. The molecule has 16 nitrogen and oxygen atoms in total. The largest absolute Gasteiger partial charge is 0.457 e. The first kappa shape index (κ1) is 48.7. The van der Waals surface area contributed by atoms with Crippen molar-refractivity contribution in [1.29, 1.82) is 0 Å². The van der Waals surface area contributed by atoms with E-state index in [2.05, 4.69) is 19.2 Å². The lowest BCUT2D eigenvalue weighted by Gasteiger charge is -2.26. The van der Waals surface area contributed by atoms with Crippen LogP contribution in [0.3, 0.4) is 0 Å². The summed E-state index contributed by atoms with van der Waals surface area (Å²) in [7, 11) is 0. The van der Waals surface area contributed by atoms with Gasteiger partial charge in [-0.1, -0.05) is 19.2 Å². The molecule has 70 heavy (non-hydrogen) atoms. The van der Waals surface area contributed by atoms with Crippen LogP contribution >= 0.6 is 11.3 Å². The number of furan rings is 1. The molecule has 0 saturated heterocycles. The standard InChI is InChI=1S/C53H49NO15S/c1-5-45(55)63-28-61-36-15-19-38(20-16-36)65-50(57)32-7-11-34(12-8-32)52(59)68-41-23-24-42(48-47(41)54-49(70-48)44-27-40-31(4)25-30(3)26-43(40)67-44)69-53(60)35-13-9-33(10-14-35)51(58)66-39-21-17-37(18-22-39)62-29-64-46(56)6-2/h5-6,15-27,32-35H,1-2,7-14,28-29H2,3-4H3. The van der Waals surface area contributed by atoms with Gasteiger partial charge in [0.15, 0.2) is 22.3 Å². The van der Waals surface area contributed by atoms with Crippen LogP contribution in [0.5, 0.6) is 34.5 Å². The van der Waals surface area contributed by atoms with Crippen molar-refractivity contribution in [1.82, 2.24) is 4.98 Å². The Morgan fingerprint density at radius 2 is 1.01 bits per heavy atom. The van der Waals surface area contributed by atoms with Gasteiger partial charge in [-0.2, -0.15) is 0 Å². The van der Waals surface area contributed by atoms with E-state index in [1.165, 1.54) is 11.3 Å². The summed E-state index contributed by atoms with van der Waals surface area (Å²) in [6, 6.07) is 21.7. The molecule has 2 saturated carbocycles. The van der Waals surface area contributed by atoms with Gasteiger partial charge >= 0.3 is 35.8 Å². The normalized spacial score (nSPS) is 17.7. The second-order valence-corrected chi connectivity index (χ2v) is 17.9. The molecule has 2 aliphatic carbocycles. The molecule has 0 atom stereocenters. The van der Waals surface area contributed by atoms with Crippen LogP contribution in [-0.4, -0.2) is 54.4 Å². The van der Waals surface area contributed by atoms with Crippen LogP contribution in [0.15, 0.2) is 109 Å². The smallest absolute Gasteiger partial charge is 0.333 e. The van der Waals surface area contributed by atoms with Crippen molar-refractivity contribution in [3.05, 3.63) is 115 Å². The van der Waals surface area contributed by atoms with Crippen molar-refractivity contribution in [3.8, 4) is 45.3 Å². The van der Waals surface area contributed by atoms with Crippen LogP contribution in [0.1, 0.15) is 62.5 Å². The van der Waals surface area contributed by atoms with Gasteiger partial charge in [-0.05, 0) is 149 Å². The average molecular weight is 972 g/mol. The van der Waals surface area contributed by atoms with Gasteiger partial charge in [0.05, 0.1) is 23.7 Å². The molecule has 0 unspecified atom stereocenters. The molecule has 8 rings (SSSR count). The van der Waals surface area contributed by atoms with Gasteiger partial charge in [-0.15, -0.1) is 11.3 Å². The van der Waals surface area contributed by atoms with Gasteiger partial charge in [0.25, 0.3) is 0 Å². The Morgan fingerprint density at radius 3 is 1.49 bits per heavy atom. The van der Waals surface area contributed by atoms with Crippen molar-refractivity contribution < 1.29 is 71.1 Å². The molecule has 362 valence electrons. The second-order valence-electron chi connectivity index (χ2n) is 16.9. The first-order valence-corrected chi connectivity index (χ1v) is 23.5. The molecule has 2 aliphatic rings. The number of aryl methyl sites for hydroxylation is 2. The van der Waals surface area contributed by atoms with Crippen molar-refractivity contribution >= 4 is 68.3 Å². The SMILES string of the molecule is C=CC(=O)OCOc1ccc(OC(=O)C2CCC(C(=O)Oc3ccc(OC(=O)C4CCC(C(=O)Oc5ccc(OCOC(=O)C=C)cc5)CC4)c4sc(-c5cc6c(C)cc(C)cc6o5)nc34)CC2)cc1. The number of hydrogen-bond donors (Lipinski definition) is 0. The summed E-state index contributed by atoms with van der Waals surface area (Å²) in [5.74, 6) is -2.38. The molecule has 6 aromatic rings. The molecular weight excluding hydrogens is 923 g/mol. The Morgan fingerprint density at radius 1 is 0.586 bits per heavy atom. The molecular formula is C53H49NO15S. The predicted octanol–water partition coefficient (Wildman–Crippen LogP) is 10.1. The maximum atomic E-state index is 13.8. The van der Waals surface area contributed by atoms with E-state index < -0.39 is 59.5 Å². The Labute approximate surface area is 406 Å². The van der Waals surface area contributed by atoms with Crippen molar-refractivity contribution in [2.45, 2.75) is 65.2 Å². The van der Waals surface area contributed by atoms with E-state index in [1.807, 2.05) is 26.0 Å². The molecule has 2 fully saturated rings. The fourth-order valence-electron chi connectivity index (χ4n) is 8.37. The van der Waals surface area contributed by atoms with Gasteiger partial charge < -0.3 is 42.3 Å². The molecule has 0 radical (unpaired) electrons. The maximum Gasteiger partial charge on any atom is 0.333 e. The second kappa shape index (κ2) is 22.1. The van der Waals surface area contributed by atoms with E-state index in [0.29, 0.717) is 101 Å². The molecule has 4 aromatic carbocycles. The Kier molecular flexibility index (Phi) is 15.4. The van der Waals surface area contributed by atoms with Crippen LogP contribution in [-0.2, 0) is 38.2 Å². The fraction of sp³-hybridized carbons (Fsp3) is 0.302. The molecule has 0 spiro atoms. The molecule has 0 N–H and O–H groups in total. The Hall–Kier alpha value is -7.79. The van der Waals surface area contributed by atoms with Crippen LogP contribution in [0, 0.1) is 37.5 Å². The number of rotatable bonds is 17. The third-order valence-electron chi connectivity index (χ3n) is 12.1. The molecule has 0 amide bonds. The minimum absolute atomic E-state index is 0.188. The van der Waals surface area contributed by atoms with Crippen molar-refractivity contribution in [2.75, 3.05) is 13.6 Å². The van der Waals surface area contributed by atoms with Crippen LogP contribution < -0.4 is 28.4 Å². The maximum absolute atomic E-state index is 13.8. The van der Waals surface area contributed by atoms with Crippen molar-refractivity contribution in [3.63, 3.8) is 0 Å². The van der Waals surface area contributed by atoms with E-state index >= 15 is 0 Å². The van der Waals surface area contributed by atoms with Crippen LogP contribution in [0.4, 0.5) is 0 Å². The van der Waals surface area contributed by atoms with Gasteiger partial charge in [-0.25, -0.2) is 14.6 Å². The van der Waals surface area contributed by atoms with Crippen molar-refractivity contribution in [2.24, 2.45) is 23.7 Å². The number of benzene rings is 4. The number of carbonyl (C=O) groups excluding carboxylic acids is 6. The third kappa shape index (κ3) is 11.9. The van der Waals surface area contributed by atoms with Gasteiger partial charge in [0, 0.05) is 17.5 Å². The zero-order chi connectivity index (χ0) is 49.3. The number of aromatic nitrogens is 1. The molecule has 0 bridgehead atoms. The number of thiazole rings is 1. The summed E-state index contributed by atoms with van der Waals surface area (Å²) in [4.78, 5) is 81.1. The summed E-state index contributed by atoms with van der Waals surface area (Å²) < 4.78 is 50.4. The molecule has 2 aromatic heterocycles. The van der Waals surface area contributed by atoms with Gasteiger partial charge in [0.2, 0.25) is 13.6 Å². The van der Waals surface area contributed by atoms with E-state index in [9.17, 15) is 28.8 Å². The summed E-state index contributed by atoms with van der Waals surface area (Å²) in [6.07, 6.45) is 5.32. The monoisotopic (exact) mass is 971 g/mol. The number of hydrogen-bond acceptors (Lipinski definition) is 17. The number of nitrogens with zero attached hydrogens (tertiary/aromatic N) is 1. The molecule has 0 aliphatic heterocycles. The van der Waals surface area contributed by atoms with E-state index in [4.69, 9.17) is 47.3 Å². The highest BCUT2D eigenvalue weighted by atomic mass is 32.1. The Balaban J connectivity index is 0.895. The number of fused-ring (bicyclic) bond motifs is 2. The summed E-state index contributed by atoms with van der Waals surface area (Å²) in [6.45, 7) is 10.1. The first-order valence-electron chi connectivity index (χ1n) is 22.7. The third-order valence-corrected chi connectivity index (χ3v) is 13.2. The van der Waals surface area contributed by atoms with Crippen LogP contribution in [0.25, 0.3) is 32.0 Å². The highest BCUT2D eigenvalue weighted by molar-refractivity contribution is 7.22. The number of esters is 6. The fourth-order valence-corrected chi connectivity index (χ4v) is 9.36. The Bertz CT molecular complexity index is 2780. The zero-order valence-corrected chi connectivity index (χ0v) is 39.3. The lowest BCUT2D eigenvalue weighted by Crippen LogP contribution is -2.30. The lowest BCUT2D eigenvalue weighted by atomic mass is 9.82. The minimum atomic E-state index is -0.614. The molecule has 2 heterocycles. The molecule has 17 heteroatoms. The van der Waals surface area contributed by atoms with Gasteiger partial charge in [0.1, 0.15) is 38.8 Å². The van der Waals surface area contributed by atoms with E-state index in [1.54, 1.807) is 60.7 Å². The van der Waals surface area contributed by atoms with Crippen LogP contribution in [0.2, 0.25) is 0 Å². The highest BCUT2D eigenvalue weighted by Crippen LogP contribution is 2.44. The lowest BCUT2D eigenvalue weighted by molar-refractivity contribution is -0.145. The minimum Gasteiger partial charge on any atom is -0.457 e. The number of ether oxygens (including phenoxy) is 8. The zero-order valence-electron chi connectivity index (χ0n) is 38.4. The average Bonchev–Trinajstić information content (AvgIpc) is 4.02. The first-order chi connectivity index (χ1) is 33.8.